The third-order valence-electron chi connectivity index (χ3n) is 2.69. The zero-order valence-electron chi connectivity index (χ0n) is 10.5. The Morgan fingerprint density at radius 3 is 2.89 bits per heavy atom. The number of hydrogen-bond donors (Lipinski definition) is 2. The second-order valence-corrected chi connectivity index (χ2v) is 4.05. The van der Waals surface area contributed by atoms with Gasteiger partial charge >= 0.3 is 5.97 Å². The fourth-order valence-electron chi connectivity index (χ4n) is 1.89. The first-order chi connectivity index (χ1) is 9.11. The molecule has 5 heteroatoms. The van der Waals surface area contributed by atoms with Crippen LogP contribution in [0.1, 0.15) is 5.56 Å². The van der Waals surface area contributed by atoms with Crippen molar-refractivity contribution in [3.63, 3.8) is 0 Å². The number of anilines is 1. The highest BCUT2D eigenvalue weighted by Gasteiger charge is 2.11. The van der Waals surface area contributed by atoms with Gasteiger partial charge in [0.15, 0.2) is 5.75 Å². The Labute approximate surface area is 110 Å². The van der Waals surface area contributed by atoms with Crippen molar-refractivity contribution in [3.8, 4) is 17.0 Å². The van der Waals surface area contributed by atoms with Crippen LogP contribution in [0.25, 0.3) is 11.3 Å². The lowest BCUT2D eigenvalue weighted by Gasteiger charge is -2.10. The number of nitrogen functional groups attached to an aromatic ring is 1. The molecule has 0 bridgehead atoms. The second kappa shape index (κ2) is 5.39. The van der Waals surface area contributed by atoms with Gasteiger partial charge in [-0.15, -0.1) is 0 Å². The first-order valence-corrected chi connectivity index (χ1v) is 5.71. The molecule has 0 atom stereocenters. The molecule has 0 radical (unpaired) electrons. The molecule has 2 aromatic rings. The van der Waals surface area contributed by atoms with E-state index in [2.05, 4.69) is 4.98 Å². The van der Waals surface area contributed by atoms with E-state index in [1.807, 2.05) is 6.07 Å². The maximum atomic E-state index is 10.7. The van der Waals surface area contributed by atoms with Gasteiger partial charge in [-0.3, -0.25) is 9.78 Å². The molecule has 19 heavy (non-hydrogen) atoms. The number of rotatable bonds is 4. The van der Waals surface area contributed by atoms with Gasteiger partial charge in [-0.2, -0.15) is 0 Å². The molecule has 2 rings (SSSR count). The van der Waals surface area contributed by atoms with Crippen molar-refractivity contribution >= 4 is 11.7 Å². The minimum Gasteiger partial charge on any atom is -0.492 e. The van der Waals surface area contributed by atoms with Crippen molar-refractivity contribution in [2.75, 3.05) is 12.8 Å². The van der Waals surface area contributed by atoms with Gasteiger partial charge in [-0.25, -0.2) is 0 Å². The highest BCUT2D eigenvalue weighted by atomic mass is 16.5. The predicted octanol–water partition coefficient (Wildman–Crippen LogP) is 1.97. The number of carboxylic acids is 1. The fourth-order valence-corrected chi connectivity index (χ4v) is 1.89. The van der Waals surface area contributed by atoms with E-state index >= 15 is 0 Å². The van der Waals surface area contributed by atoms with E-state index in [0.717, 1.165) is 5.56 Å². The fraction of sp³-hybridized carbons (Fsp3) is 0.143. The maximum Gasteiger partial charge on any atom is 0.307 e. The van der Waals surface area contributed by atoms with Crippen LogP contribution in [0.4, 0.5) is 5.69 Å². The molecule has 0 spiro atoms. The average Bonchev–Trinajstić information content (AvgIpc) is 2.38. The third kappa shape index (κ3) is 2.82. The van der Waals surface area contributed by atoms with Crippen LogP contribution in [0.15, 0.2) is 36.5 Å². The SMILES string of the molecule is COc1c(N)ccnc1-c1cccc(CC(=O)O)c1. The Hall–Kier alpha value is -2.56. The van der Waals surface area contributed by atoms with Crippen LogP contribution >= 0.6 is 0 Å². The summed E-state index contributed by atoms with van der Waals surface area (Å²) in [5.41, 5.74) is 8.42. The Morgan fingerprint density at radius 2 is 2.21 bits per heavy atom. The first-order valence-electron chi connectivity index (χ1n) is 5.71. The first kappa shape index (κ1) is 12.9. The van der Waals surface area contributed by atoms with E-state index in [9.17, 15) is 4.79 Å². The number of pyridine rings is 1. The van der Waals surface area contributed by atoms with Crippen LogP contribution in [0, 0.1) is 0 Å². The van der Waals surface area contributed by atoms with Gasteiger partial charge in [-0.1, -0.05) is 18.2 Å². The molecule has 3 N–H and O–H groups in total. The number of ether oxygens (including phenoxy) is 1. The summed E-state index contributed by atoms with van der Waals surface area (Å²) >= 11 is 0. The summed E-state index contributed by atoms with van der Waals surface area (Å²) in [4.78, 5) is 15.0. The number of hydrogen-bond acceptors (Lipinski definition) is 4. The van der Waals surface area contributed by atoms with Gasteiger partial charge in [0.2, 0.25) is 0 Å². The van der Waals surface area contributed by atoms with Gasteiger partial charge in [0.1, 0.15) is 5.69 Å². The summed E-state index contributed by atoms with van der Waals surface area (Å²) in [6, 6.07) is 8.83. The quantitative estimate of drug-likeness (QED) is 0.875. The molecule has 0 aliphatic rings. The molecule has 0 amide bonds. The number of nitrogens with two attached hydrogens (primary N) is 1. The van der Waals surface area contributed by atoms with Crippen molar-refractivity contribution < 1.29 is 14.6 Å². The summed E-state index contributed by atoms with van der Waals surface area (Å²) in [6.45, 7) is 0. The van der Waals surface area contributed by atoms with Gasteiger partial charge < -0.3 is 15.6 Å². The van der Waals surface area contributed by atoms with Crippen LogP contribution in [0.2, 0.25) is 0 Å². The van der Waals surface area contributed by atoms with Crippen molar-refractivity contribution in [2.45, 2.75) is 6.42 Å². The van der Waals surface area contributed by atoms with Gasteiger partial charge in [0, 0.05) is 11.8 Å². The molecule has 0 saturated heterocycles. The molecule has 98 valence electrons. The summed E-state index contributed by atoms with van der Waals surface area (Å²) in [5.74, 6) is -0.375. The smallest absolute Gasteiger partial charge is 0.307 e. The van der Waals surface area contributed by atoms with Crippen LogP contribution in [0.5, 0.6) is 5.75 Å². The summed E-state index contributed by atoms with van der Waals surface area (Å²) < 4.78 is 5.25. The normalized spacial score (nSPS) is 10.2. The van der Waals surface area contributed by atoms with Crippen molar-refractivity contribution in [2.24, 2.45) is 0 Å². The molecule has 1 heterocycles. The van der Waals surface area contributed by atoms with Gasteiger partial charge in [-0.05, 0) is 17.7 Å². The second-order valence-electron chi connectivity index (χ2n) is 4.05. The monoisotopic (exact) mass is 258 g/mol. The largest absolute Gasteiger partial charge is 0.492 e. The van der Waals surface area contributed by atoms with Gasteiger partial charge in [0.05, 0.1) is 19.2 Å². The van der Waals surface area contributed by atoms with E-state index in [4.69, 9.17) is 15.6 Å². The maximum absolute atomic E-state index is 10.7. The molecular formula is C14H14N2O3. The number of carboxylic acid groups (broad SMARTS) is 1. The third-order valence-corrected chi connectivity index (χ3v) is 2.69. The van der Waals surface area contributed by atoms with E-state index in [1.54, 1.807) is 30.5 Å². The van der Waals surface area contributed by atoms with Crippen molar-refractivity contribution in [3.05, 3.63) is 42.1 Å². The molecule has 0 unspecified atom stereocenters. The number of nitrogens with zero attached hydrogens (tertiary/aromatic N) is 1. The molecule has 5 nitrogen and oxygen atoms in total. The van der Waals surface area contributed by atoms with Gasteiger partial charge in [0.25, 0.3) is 0 Å². The zero-order chi connectivity index (χ0) is 13.8. The number of methoxy groups -OCH3 is 1. The number of benzene rings is 1. The zero-order valence-corrected chi connectivity index (χ0v) is 10.5. The van der Waals surface area contributed by atoms with Crippen LogP contribution in [0.3, 0.4) is 0 Å². The summed E-state index contributed by atoms with van der Waals surface area (Å²) in [5, 5.41) is 8.81. The number of aromatic nitrogens is 1. The Balaban J connectivity index is 2.47. The highest BCUT2D eigenvalue weighted by Crippen LogP contribution is 2.32. The van der Waals surface area contributed by atoms with Crippen LogP contribution in [-0.2, 0) is 11.2 Å². The number of aliphatic carboxylic acids is 1. The highest BCUT2D eigenvalue weighted by molar-refractivity contribution is 5.75. The number of carbonyl (C=O) groups is 1. The topological polar surface area (TPSA) is 85.4 Å². The Kier molecular flexibility index (Phi) is 3.66. The summed E-state index contributed by atoms with van der Waals surface area (Å²) in [7, 11) is 1.53. The minimum absolute atomic E-state index is 0.0293. The summed E-state index contributed by atoms with van der Waals surface area (Å²) in [6.07, 6.45) is 1.57. The molecule has 0 aliphatic heterocycles. The van der Waals surface area contributed by atoms with Crippen molar-refractivity contribution in [1.29, 1.82) is 0 Å². The molecule has 0 fully saturated rings. The van der Waals surface area contributed by atoms with E-state index in [0.29, 0.717) is 22.7 Å². The predicted molar refractivity (Wildman–Crippen MR) is 72.0 cm³/mol. The van der Waals surface area contributed by atoms with Crippen molar-refractivity contribution in [1.82, 2.24) is 4.98 Å². The Morgan fingerprint density at radius 1 is 1.42 bits per heavy atom. The van der Waals surface area contributed by atoms with Crippen LogP contribution < -0.4 is 10.5 Å². The molecular weight excluding hydrogens is 244 g/mol. The standard InChI is InChI=1S/C14H14N2O3/c1-19-14-11(15)5-6-16-13(14)10-4-2-3-9(7-10)8-12(17)18/h2-7H,8H2,1H3,(H2,15,16)(H,17,18). The lowest BCUT2D eigenvalue weighted by molar-refractivity contribution is -0.136. The molecule has 1 aromatic carbocycles. The van der Waals surface area contributed by atoms with E-state index in [1.165, 1.54) is 7.11 Å². The molecule has 0 saturated carbocycles. The van der Waals surface area contributed by atoms with E-state index in [-0.39, 0.29) is 6.42 Å². The lowest BCUT2D eigenvalue weighted by atomic mass is 10.0. The van der Waals surface area contributed by atoms with E-state index < -0.39 is 5.97 Å². The lowest BCUT2D eigenvalue weighted by Crippen LogP contribution is -2.01. The molecule has 1 aromatic heterocycles. The molecule has 0 aliphatic carbocycles. The minimum atomic E-state index is -0.871. The average molecular weight is 258 g/mol. The Bertz CT molecular complexity index is 611. The van der Waals surface area contributed by atoms with Crippen LogP contribution in [-0.4, -0.2) is 23.2 Å².